The zero-order valence-electron chi connectivity index (χ0n) is 21.2. The van der Waals surface area contributed by atoms with Gasteiger partial charge in [-0.2, -0.15) is 4.98 Å². The standard InChI is InChI=1S/C27H26N8O4/c1-3-23(36)30-20-7-6-8-22(15-20)35-25-19(18-34(27(35)37)33-11-4-5-12-33)16-29-26(32-25)31-21-9-10-24(28-17-21)39-14-13-38-2/h3-12,15-17H,1,13-14,18H2,2H3,(H,30,36)(H,29,31,32). The molecule has 0 bridgehead atoms. The zero-order valence-corrected chi connectivity index (χ0v) is 21.2. The molecule has 0 radical (unpaired) electrons. The van der Waals surface area contributed by atoms with E-state index in [0.29, 0.717) is 42.0 Å². The van der Waals surface area contributed by atoms with Gasteiger partial charge in [0.05, 0.1) is 30.7 Å². The number of nitrogens with one attached hydrogen (secondary N) is 2. The number of carbonyl (C=O) groups is 2. The van der Waals surface area contributed by atoms with Crippen LogP contribution in [-0.4, -0.2) is 51.9 Å². The lowest BCUT2D eigenvalue weighted by Gasteiger charge is -2.36. The highest BCUT2D eigenvalue weighted by Gasteiger charge is 2.34. The summed E-state index contributed by atoms with van der Waals surface area (Å²) in [6, 6.07) is 13.8. The molecule has 0 unspecified atom stereocenters. The van der Waals surface area contributed by atoms with Gasteiger partial charge in [-0.15, -0.1) is 0 Å². The van der Waals surface area contributed by atoms with Crippen LogP contribution in [0.15, 0.2) is 86.0 Å². The van der Waals surface area contributed by atoms with Crippen LogP contribution >= 0.6 is 0 Å². The zero-order chi connectivity index (χ0) is 27.2. The Bertz CT molecular complexity index is 1470. The molecule has 0 saturated heterocycles. The van der Waals surface area contributed by atoms with E-state index in [1.807, 2.05) is 12.1 Å². The maximum absolute atomic E-state index is 13.8. The summed E-state index contributed by atoms with van der Waals surface area (Å²) in [6.07, 6.45) is 8.04. The number of urea groups is 1. The minimum atomic E-state index is -0.357. The Hall–Kier alpha value is -5.23. The van der Waals surface area contributed by atoms with Crippen LogP contribution in [-0.2, 0) is 16.1 Å². The molecule has 12 heteroatoms. The summed E-state index contributed by atoms with van der Waals surface area (Å²) in [5.74, 6) is 0.811. The molecule has 1 aliphatic heterocycles. The van der Waals surface area contributed by atoms with Crippen LogP contribution in [0.4, 0.5) is 33.6 Å². The van der Waals surface area contributed by atoms with Gasteiger partial charge in [-0.3, -0.25) is 9.47 Å². The lowest BCUT2D eigenvalue weighted by molar-refractivity contribution is -0.111. The highest BCUT2D eigenvalue weighted by molar-refractivity contribution is 6.07. The molecule has 3 aromatic heterocycles. The number of hydrogen-bond acceptors (Lipinski definition) is 8. The van der Waals surface area contributed by atoms with E-state index in [-0.39, 0.29) is 24.4 Å². The number of amides is 3. The summed E-state index contributed by atoms with van der Waals surface area (Å²) in [6.45, 7) is 4.61. The summed E-state index contributed by atoms with van der Waals surface area (Å²) < 4.78 is 12.2. The third kappa shape index (κ3) is 5.70. The lowest BCUT2D eigenvalue weighted by Crippen LogP contribution is -2.50. The first kappa shape index (κ1) is 25.4. The van der Waals surface area contributed by atoms with E-state index in [2.05, 4.69) is 27.2 Å². The Morgan fingerprint density at radius 1 is 1.08 bits per heavy atom. The van der Waals surface area contributed by atoms with Gasteiger partial charge in [-0.05, 0) is 42.5 Å². The van der Waals surface area contributed by atoms with E-state index < -0.39 is 0 Å². The van der Waals surface area contributed by atoms with Crippen molar-refractivity contribution in [2.45, 2.75) is 6.54 Å². The number of nitrogens with zero attached hydrogens (tertiary/aromatic N) is 6. The van der Waals surface area contributed by atoms with Crippen molar-refractivity contribution in [3.8, 4) is 5.88 Å². The van der Waals surface area contributed by atoms with Gasteiger partial charge < -0.3 is 20.1 Å². The van der Waals surface area contributed by atoms with Crippen molar-refractivity contribution in [1.82, 2.24) is 19.6 Å². The lowest BCUT2D eigenvalue weighted by atomic mass is 10.2. The minimum Gasteiger partial charge on any atom is -0.475 e. The number of pyridine rings is 1. The molecule has 12 nitrogen and oxygen atoms in total. The first-order valence-electron chi connectivity index (χ1n) is 12.0. The van der Waals surface area contributed by atoms with Gasteiger partial charge in [-0.1, -0.05) is 12.6 Å². The topological polar surface area (TPSA) is 127 Å². The highest BCUT2D eigenvalue weighted by atomic mass is 16.5. The van der Waals surface area contributed by atoms with Crippen molar-refractivity contribution >= 4 is 40.8 Å². The van der Waals surface area contributed by atoms with Gasteiger partial charge >= 0.3 is 6.03 Å². The molecule has 0 atom stereocenters. The Kier molecular flexibility index (Phi) is 7.46. The largest absolute Gasteiger partial charge is 0.475 e. The molecule has 2 N–H and O–H groups in total. The van der Waals surface area contributed by atoms with Crippen LogP contribution in [0.5, 0.6) is 5.88 Å². The number of hydrogen-bond donors (Lipinski definition) is 2. The van der Waals surface area contributed by atoms with E-state index >= 15 is 0 Å². The monoisotopic (exact) mass is 526 g/mol. The van der Waals surface area contributed by atoms with E-state index in [1.54, 1.807) is 78.0 Å². The summed E-state index contributed by atoms with van der Waals surface area (Å²) in [5.41, 5.74) is 2.40. The summed E-state index contributed by atoms with van der Waals surface area (Å²) in [4.78, 5) is 40.6. The van der Waals surface area contributed by atoms with Gasteiger partial charge in [0.1, 0.15) is 6.61 Å². The summed E-state index contributed by atoms with van der Waals surface area (Å²) >= 11 is 0. The predicted octanol–water partition coefficient (Wildman–Crippen LogP) is 3.98. The number of benzene rings is 1. The van der Waals surface area contributed by atoms with Crippen molar-refractivity contribution in [2.24, 2.45) is 0 Å². The number of methoxy groups -OCH3 is 1. The molecule has 1 aromatic carbocycles. The van der Waals surface area contributed by atoms with Gasteiger partial charge in [0, 0.05) is 43.0 Å². The van der Waals surface area contributed by atoms with Crippen LogP contribution in [0.3, 0.4) is 0 Å². The number of ether oxygens (including phenoxy) is 2. The Morgan fingerprint density at radius 2 is 1.92 bits per heavy atom. The minimum absolute atomic E-state index is 0.265. The number of rotatable bonds is 10. The van der Waals surface area contributed by atoms with Gasteiger partial charge in [-0.25, -0.2) is 24.7 Å². The van der Waals surface area contributed by atoms with Gasteiger partial charge in [0.15, 0.2) is 5.82 Å². The third-order valence-corrected chi connectivity index (χ3v) is 5.74. The van der Waals surface area contributed by atoms with Crippen molar-refractivity contribution < 1.29 is 19.1 Å². The number of anilines is 5. The first-order chi connectivity index (χ1) is 19.1. The van der Waals surface area contributed by atoms with Crippen molar-refractivity contribution in [2.75, 3.05) is 40.9 Å². The molecular weight excluding hydrogens is 500 g/mol. The molecule has 0 spiro atoms. The average Bonchev–Trinajstić information content (AvgIpc) is 3.49. The molecule has 0 saturated carbocycles. The molecule has 0 aliphatic carbocycles. The maximum Gasteiger partial charge on any atom is 0.349 e. The second-order valence-electron chi connectivity index (χ2n) is 8.38. The second kappa shape index (κ2) is 11.4. The van der Waals surface area contributed by atoms with Crippen LogP contribution in [0.1, 0.15) is 5.56 Å². The fourth-order valence-electron chi connectivity index (χ4n) is 3.91. The van der Waals surface area contributed by atoms with Crippen LogP contribution in [0.25, 0.3) is 0 Å². The predicted molar refractivity (Wildman–Crippen MR) is 146 cm³/mol. The molecule has 39 heavy (non-hydrogen) atoms. The number of carbonyl (C=O) groups excluding carboxylic acids is 2. The van der Waals surface area contributed by atoms with Crippen molar-refractivity contribution in [3.05, 3.63) is 91.5 Å². The van der Waals surface area contributed by atoms with Gasteiger partial charge in [0.2, 0.25) is 17.7 Å². The quantitative estimate of drug-likeness (QED) is 0.235. The summed E-state index contributed by atoms with van der Waals surface area (Å²) in [5, 5.41) is 7.43. The molecule has 0 fully saturated rings. The van der Waals surface area contributed by atoms with E-state index in [4.69, 9.17) is 14.5 Å². The fraction of sp³-hybridized carbons (Fsp3) is 0.148. The molecule has 4 heterocycles. The third-order valence-electron chi connectivity index (χ3n) is 5.74. The van der Waals surface area contributed by atoms with E-state index in [0.717, 1.165) is 5.56 Å². The second-order valence-corrected chi connectivity index (χ2v) is 8.38. The van der Waals surface area contributed by atoms with Crippen molar-refractivity contribution in [1.29, 1.82) is 0 Å². The first-order valence-corrected chi connectivity index (χ1v) is 12.0. The van der Waals surface area contributed by atoms with Gasteiger partial charge in [0.25, 0.3) is 0 Å². The van der Waals surface area contributed by atoms with Crippen LogP contribution in [0, 0.1) is 0 Å². The van der Waals surface area contributed by atoms with Crippen LogP contribution in [0.2, 0.25) is 0 Å². The summed E-state index contributed by atoms with van der Waals surface area (Å²) in [7, 11) is 1.60. The SMILES string of the molecule is C=CC(=O)Nc1cccc(N2C(=O)N(n3cccc3)Cc3cnc(Nc4ccc(OCCOC)nc4)nc32)c1. The molecule has 1 aliphatic rings. The normalized spacial score (nSPS) is 12.6. The Morgan fingerprint density at radius 3 is 2.67 bits per heavy atom. The smallest absolute Gasteiger partial charge is 0.349 e. The number of aromatic nitrogens is 4. The fourth-order valence-corrected chi connectivity index (χ4v) is 3.91. The molecule has 198 valence electrons. The average molecular weight is 527 g/mol. The molecular formula is C27H26N8O4. The molecule has 3 amide bonds. The van der Waals surface area contributed by atoms with Crippen LogP contribution < -0.4 is 25.3 Å². The maximum atomic E-state index is 13.8. The highest BCUT2D eigenvalue weighted by Crippen LogP contribution is 2.35. The molecule has 4 aromatic rings. The molecule has 5 rings (SSSR count). The Balaban J connectivity index is 1.47. The van der Waals surface area contributed by atoms with E-state index in [1.165, 1.54) is 11.0 Å². The number of fused-ring (bicyclic) bond motifs is 1. The van der Waals surface area contributed by atoms with Crippen molar-refractivity contribution in [3.63, 3.8) is 0 Å². The Labute approximate surface area is 224 Å². The van der Waals surface area contributed by atoms with E-state index in [9.17, 15) is 9.59 Å².